The number of rotatable bonds is 6. The molecule has 1 N–H and O–H groups in total. The summed E-state index contributed by atoms with van der Waals surface area (Å²) in [6.45, 7) is 0. The molecule has 0 atom stereocenters. The van der Waals surface area contributed by atoms with Gasteiger partial charge in [-0.2, -0.15) is 0 Å². The first-order valence-corrected chi connectivity index (χ1v) is 10.7. The van der Waals surface area contributed by atoms with Crippen LogP contribution in [-0.2, 0) is 5.75 Å². The Morgan fingerprint density at radius 1 is 1.10 bits per heavy atom. The lowest BCUT2D eigenvalue weighted by molar-refractivity contribution is 0.102. The van der Waals surface area contributed by atoms with E-state index in [1.54, 1.807) is 24.5 Å². The summed E-state index contributed by atoms with van der Waals surface area (Å²) in [5, 5.41) is 11.1. The van der Waals surface area contributed by atoms with Crippen molar-refractivity contribution in [3.8, 4) is 5.69 Å². The number of hydrogen-bond donors (Lipinski definition) is 1. The predicted octanol–water partition coefficient (Wildman–Crippen LogP) is 4.64. The van der Waals surface area contributed by atoms with Crippen molar-refractivity contribution in [2.75, 3.05) is 5.32 Å². The molecule has 0 spiro atoms. The Morgan fingerprint density at radius 3 is 2.55 bits per heavy atom. The fourth-order valence-electron chi connectivity index (χ4n) is 2.66. The number of nitrogens with one attached hydrogen (secondary N) is 1. The van der Waals surface area contributed by atoms with Crippen molar-refractivity contribution < 1.29 is 13.6 Å². The highest BCUT2D eigenvalue weighted by Crippen LogP contribution is 2.25. The van der Waals surface area contributed by atoms with Crippen LogP contribution in [0, 0.1) is 11.6 Å². The summed E-state index contributed by atoms with van der Waals surface area (Å²) >= 11 is 4.45. The second kappa shape index (κ2) is 9.31. The number of nitrogens with zero attached hydrogens (tertiary/aromatic N) is 5. The molecule has 0 radical (unpaired) electrons. The highest BCUT2D eigenvalue weighted by molar-refractivity contribution is 9.10. The Hall–Kier alpha value is -3.18. The Balaban J connectivity index is 1.67. The van der Waals surface area contributed by atoms with Crippen LogP contribution < -0.4 is 5.32 Å². The Bertz CT molecular complexity index is 1220. The molecule has 0 aliphatic heterocycles. The lowest BCUT2D eigenvalue weighted by Crippen LogP contribution is -2.16. The van der Waals surface area contributed by atoms with E-state index in [1.165, 1.54) is 52.8 Å². The molecule has 4 aromatic rings. The first kappa shape index (κ1) is 21.1. The molecule has 0 saturated carbocycles. The lowest BCUT2D eigenvalue weighted by Gasteiger charge is -2.09. The van der Waals surface area contributed by atoms with E-state index >= 15 is 0 Å². The Morgan fingerprint density at radius 2 is 1.84 bits per heavy atom. The van der Waals surface area contributed by atoms with Crippen LogP contribution in [0.3, 0.4) is 0 Å². The molecule has 2 aromatic heterocycles. The standard InChI is InChI=1S/C20H13BrF2N6OS/c21-12-2-7-16(15(23)10-12)26-19(30)18-17(11-31-20-24-8-1-9-25-20)29(28-27-18)14-5-3-13(22)4-6-14/h1-10H,11H2,(H,26,30). The van der Waals surface area contributed by atoms with Gasteiger partial charge in [0.1, 0.15) is 11.6 Å². The first-order chi connectivity index (χ1) is 15.0. The summed E-state index contributed by atoms with van der Waals surface area (Å²) in [6.07, 6.45) is 3.21. The van der Waals surface area contributed by atoms with E-state index in [2.05, 4.69) is 41.5 Å². The number of thioether (sulfide) groups is 1. The monoisotopic (exact) mass is 502 g/mol. The number of benzene rings is 2. The molecule has 1 amide bonds. The number of carbonyl (C=O) groups is 1. The molecular formula is C20H13BrF2N6OS. The number of hydrogen-bond acceptors (Lipinski definition) is 6. The third kappa shape index (κ3) is 4.94. The van der Waals surface area contributed by atoms with Crippen molar-refractivity contribution in [1.29, 1.82) is 0 Å². The summed E-state index contributed by atoms with van der Waals surface area (Å²) in [7, 11) is 0. The molecule has 0 bridgehead atoms. The van der Waals surface area contributed by atoms with Gasteiger partial charge in [-0.1, -0.05) is 32.9 Å². The minimum absolute atomic E-state index is 0.00882. The number of aromatic nitrogens is 5. The van der Waals surface area contributed by atoms with Gasteiger partial charge in [0.25, 0.3) is 5.91 Å². The normalized spacial score (nSPS) is 10.8. The maximum Gasteiger partial charge on any atom is 0.278 e. The highest BCUT2D eigenvalue weighted by Gasteiger charge is 2.22. The molecule has 0 saturated heterocycles. The number of carbonyl (C=O) groups excluding carboxylic acids is 1. The quantitative estimate of drug-likeness (QED) is 0.305. The second-order valence-electron chi connectivity index (χ2n) is 6.17. The average molecular weight is 503 g/mol. The van der Waals surface area contributed by atoms with Crippen molar-refractivity contribution in [2.45, 2.75) is 10.9 Å². The minimum atomic E-state index is -0.626. The van der Waals surface area contributed by atoms with Crippen LogP contribution in [-0.4, -0.2) is 30.9 Å². The largest absolute Gasteiger partial charge is 0.318 e. The van der Waals surface area contributed by atoms with Gasteiger partial charge in [0, 0.05) is 22.6 Å². The van der Waals surface area contributed by atoms with Crippen LogP contribution in [0.4, 0.5) is 14.5 Å². The summed E-state index contributed by atoms with van der Waals surface area (Å²) in [5.41, 5.74) is 0.969. The van der Waals surface area contributed by atoms with E-state index in [0.29, 0.717) is 21.0 Å². The average Bonchev–Trinajstić information content (AvgIpc) is 3.19. The third-order valence-electron chi connectivity index (χ3n) is 4.11. The first-order valence-electron chi connectivity index (χ1n) is 8.88. The Labute approximate surface area is 188 Å². The maximum absolute atomic E-state index is 14.2. The molecule has 31 heavy (non-hydrogen) atoms. The third-order valence-corrected chi connectivity index (χ3v) is 5.49. The van der Waals surface area contributed by atoms with Crippen molar-refractivity contribution in [3.05, 3.63) is 88.4 Å². The summed E-state index contributed by atoms with van der Waals surface area (Å²) < 4.78 is 29.5. The van der Waals surface area contributed by atoms with Gasteiger partial charge in [-0.3, -0.25) is 4.79 Å². The zero-order valence-corrected chi connectivity index (χ0v) is 18.1. The van der Waals surface area contributed by atoms with Crippen molar-refractivity contribution in [2.24, 2.45) is 0 Å². The van der Waals surface area contributed by atoms with Gasteiger partial charge in [-0.05, 0) is 48.5 Å². The molecule has 11 heteroatoms. The molecule has 0 unspecified atom stereocenters. The van der Waals surface area contributed by atoms with Crippen LogP contribution in [0.15, 0.2) is 70.6 Å². The van der Waals surface area contributed by atoms with E-state index in [1.807, 2.05) is 0 Å². The number of amides is 1. The second-order valence-corrected chi connectivity index (χ2v) is 8.03. The molecule has 2 heterocycles. The molecule has 4 rings (SSSR count). The molecular weight excluding hydrogens is 490 g/mol. The van der Waals surface area contributed by atoms with Crippen LogP contribution in [0.5, 0.6) is 0 Å². The topological polar surface area (TPSA) is 85.6 Å². The number of anilines is 1. The predicted molar refractivity (Wildman–Crippen MR) is 115 cm³/mol. The molecule has 2 aromatic carbocycles. The summed E-state index contributed by atoms with van der Waals surface area (Å²) in [5.74, 6) is -1.37. The number of halogens is 3. The van der Waals surface area contributed by atoms with Crippen LogP contribution >= 0.6 is 27.7 Å². The van der Waals surface area contributed by atoms with E-state index in [9.17, 15) is 13.6 Å². The zero-order chi connectivity index (χ0) is 21.8. The zero-order valence-electron chi connectivity index (χ0n) is 15.7. The SMILES string of the molecule is O=C(Nc1ccc(Br)cc1F)c1nnn(-c2ccc(F)cc2)c1CSc1ncccn1. The lowest BCUT2D eigenvalue weighted by atomic mass is 10.2. The van der Waals surface area contributed by atoms with Crippen LogP contribution in [0.25, 0.3) is 5.69 Å². The fourth-order valence-corrected chi connectivity index (χ4v) is 3.79. The van der Waals surface area contributed by atoms with E-state index in [0.717, 1.165) is 0 Å². The van der Waals surface area contributed by atoms with Gasteiger partial charge in [-0.15, -0.1) is 5.10 Å². The van der Waals surface area contributed by atoms with Gasteiger partial charge in [0.05, 0.1) is 17.1 Å². The van der Waals surface area contributed by atoms with Crippen molar-refractivity contribution >= 4 is 39.3 Å². The maximum atomic E-state index is 14.2. The van der Waals surface area contributed by atoms with Gasteiger partial charge in [0.15, 0.2) is 10.9 Å². The minimum Gasteiger partial charge on any atom is -0.318 e. The fraction of sp³-hybridized carbons (Fsp3) is 0.0500. The molecule has 156 valence electrons. The van der Waals surface area contributed by atoms with Gasteiger partial charge < -0.3 is 5.32 Å². The van der Waals surface area contributed by atoms with Crippen molar-refractivity contribution in [3.63, 3.8) is 0 Å². The molecule has 0 aliphatic rings. The molecule has 7 nitrogen and oxygen atoms in total. The van der Waals surface area contributed by atoms with Crippen LogP contribution in [0.1, 0.15) is 16.2 Å². The molecule has 0 aliphatic carbocycles. The van der Waals surface area contributed by atoms with E-state index < -0.39 is 17.5 Å². The van der Waals surface area contributed by atoms with E-state index in [-0.39, 0.29) is 17.1 Å². The van der Waals surface area contributed by atoms with Gasteiger partial charge >= 0.3 is 0 Å². The summed E-state index contributed by atoms with van der Waals surface area (Å²) in [4.78, 5) is 21.2. The summed E-state index contributed by atoms with van der Waals surface area (Å²) in [6, 6.07) is 11.6. The van der Waals surface area contributed by atoms with Gasteiger partial charge in [-0.25, -0.2) is 23.4 Å². The van der Waals surface area contributed by atoms with Crippen LogP contribution in [0.2, 0.25) is 0 Å². The van der Waals surface area contributed by atoms with E-state index in [4.69, 9.17) is 0 Å². The highest BCUT2D eigenvalue weighted by atomic mass is 79.9. The van der Waals surface area contributed by atoms with Crippen molar-refractivity contribution in [1.82, 2.24) is 25.0 Å². The smallest absolute Gasteiger partial charge is 0.278 e. The molecule has 0 fully saturated rings. The van der Waals surface area contributed by atoms with Gasteiger partial charge in [0.2, 0.25) is 0 Å². The Kier molecular flexibility index (Phi) is 6.33.